The van der Waals surface area contributed by atoms with Gasteiger partial charge >= 0.3 is 7.82 Å². The average molecular weight is 485 g/mol. The van der Waals surface area contributed by atoms with Gasteiger partial charge in [-0.2, -0.15) is 0 Å². The van der Waals surface area contributed by atoms with Crippen LogP contribution in [0.15, 0.2) is 24.8 Å². The minimum atomic E-state index is -4.83. The van der Waals surface area contributed by atoms with E-state index in [1.54, 1.807) is 0 Å². The van der Waals surface area contributed by atoms with Crippen LogP contribution in [0.1, 0.15) is 5.56 Å². The molecule has 16 heteroatoms. The van der Waals surface area contributed by atoms with Gasteiger partial charge in [-0.1, -0.05) is 0 Å². The molecule has 4 atom stereocenters. The number of phosphoric acid groups is 1. The van der Waals surface area contributed by atoms with Gasteiger partial charge in [0.05, 0.1) is 18.5 Å². The van der Waals surface area contributed by atoms with Crippen LogP contribution in [0, 0.1) is 0 Å². The zero-order chi connectivity index (χ0) is 23.8. The number of ether oxygens (including phenoxy) is 2. The van der Waals surface area contributed by atoms with Crippen LogP contribution in [0.3, 0.4) is 0 Å². The monoisotopic (exact) mass is 485 g/mol. The molecule has 33 heavy (non-hydrogen) atoms. The van der Waals surface area contributed by atoms with E-state index in [2.05, 4.69) is 29.8 Å². The number of hydrogen-bond acceptors (Lipinski definition) is 12. The molecule has 1 aromatic carbocycles. The Morgan fingerprint density at radius 3 is 2.70 bits per heavy atom. The summed E-state index contributed by atoms with van der Waals surface area (Å²) in [4.78, 5) is 32.6. The first-order chi connectivity index (χ1) is 15.6. The van der Waals surface area contributed by atoms with Crippen LogP contribution in [0.5, 0.6) is 17.2 Å². The maximum Gasteiger partial charge on any atom is 0.469 e. The number of aromatic hydroxyl groups is 2. The molecule has 0 aliphatic carbocycles. The summed E-state index contributed by atoms with van der Waals surface area (Å²) in [7, 11) is -4.83. The third-order valence-electron chi connectivity index (χ3n) is 4.79. The fraction of sp³-hybridized carbons (Fsp3) is 0.353. The molecule has 3 heterocycles. The van der Waals surface area contributed by atoms with Crippen molar-refractivity contribution in [1.29, 1.82) is 0 Å². The molecule has 3 aromatic rings. The highest BCUT2D eigenvalue weighted by Gasteiger charge is 2.45. The molecule has 0 amide bonds. The third kappa shape index (κ3) is 5.15. The molecule has 0 bridgehead atoms. The smallest absolute Gasteiger partial charge is 0.469 e. The van der Waals surface area contributed by atoms with Crippen LogP contribution in [0.4, 0.5) is 5.82 Å². The van der Waals surface area contributed by atoms with E-state index in [4.69, 9.17) is 19.3 Å². The number of H-pyrrole nitrogens is 1. The topological polar surface area (TPSA) is 233 Å². The summed E-state index contributed by atoms with van der Waals surface area (Å²) in [5.41, 5.74) is 1.09. The Morgan fingerprint density at radius 1 is 1.15 bits per heavy atom. The number of nitrogens with one attached hydrogen (secondary N) is 2. The average Bonchev–Trinajstić information content (AvgIpc) is 3.32. The van der Waals surface area contributed by atoms with Crippen molar-refractivity contribution in [2.75, 3.05) is 11.9 Å². The summed E-state index contributed by atoms with van der Waals surface area (Å²) in [5.74, 6) is -0.415. The number of aliphatic hydroxyl groups excluding tert-OH is 2. The molecular weight excluding hydrogens is 465 g/mol. The van der Waals surface area contributed by atoms with Crippen LogP contribution in [-0.2, 0) is 20.4 Å². The summed E-state index contributed by atoms with van der Waals surface area (Å²) < 4.78 is 26.1. The van der Waals surface area contributed by atoms with Gasteiger partial charge in [-0.25, -0.2) is 19.5 Å². The molecule has 0 radical (unpaired) electrons. The number of imidazole rings is 1. The molecular formula is C17H20N5O10P. The van der Waals surface area contributed by atoms with Crippen molar-refractivity contribution in [1.82, 2.24) is 19.9 Å². The predicted octanol–water partition coefficient (Wildman–Crippen LogP) is -0.689. The molecule has 0 saturated carbocycles. The van der Waals surface area contributed by atoms with E-state index < -0.39 is 39.0 Å². The number of phenols is 2. The number of rotatable bonds is 8. The van der Waals surface area contributed by atoms with Gasteiger partial charge in [0.1, 0.15) is 47.4 Å². The lowest BCUT2D eigenvalue weighted by Gasteiger charge is -2.20. The van der Waals surface area contributed by atoms with E-state index in [9.17, 15) is 25.0 Å². The maximum atomic E-state index is 10.9. The predicted molar refractivity (Wildman–Crippen MR) is 108 cm³/mol. The minimum absolute atomic E-state index is 0.0529. The van der Waals surface area contributed by atoms with Crippen LogP contribution in [0.2, 0.25) is 0 Å². The second-order valence-electron chi connectivity index (χ2n) is 7.05. The first-order valence-corrected chi connectivity index (χ1v) is 11.0. The van der Waals surface area contributed by atoms with Gasteiger partial charge in [0.15, 0.2) is 11.5 Å². The lowest BCUT2D eigenvalue weighted by Crippen LogP contribution is -2.36. The van der Waals surface area contributed by atoms with Crippen molar-refractivity contribution >= 4 is 24.8 Å². The number of hydrogen-bond donors (Lipinski definition) is 8. The number of aromatic nitrogens is 4. The number of nitrogens with zero attached hydrogens (tertiary/aromatic N) is 3. The van der Waals surface area contributed by atoms with E-state index in [1.807, 2.05) is 0 Å². The SMILES string of the molecule is O=P(O)(O)OC[C@H]1OC(Oc2cc(O)cc(O)c2CNc2ncnc3nc[nH]c23)[C@H](O)[C@@H]1O. The standard InChI is InChI=1S/C17H20N5O10P/c23-7-1-9(24)8(3-18-15-12-16(20-5-19-12)22-6-21-15)10(2-7)31-17-14(26)13(25)11(32-17)4-30-33(27,28)29/h1-2,5-6,11,13-14,17,23-26H,3-4H2,(H2,27,28,29)(H2,18,19,20,21,22)/t11-,13-,14-,17?/m1/s1. The van der Waals surface area contributed by atoms with Gasteiger partial charge in [-0.05, 0) is 0 Å². The zero-order valence-electron chi connectivity index (χ0n) is 16.6. The van der Waals surface area contributed by atoms with Crippen molar-refractivity contribution in [2.24, 2.45) is 0 Å². The van der Waals surface area contributed by atoms with Crippen molar-refractivity contribution in [3.8, 4) is 17.2 Å². The van der Waals surface area contributed by atoms with Gasteiger partial charge in [0.25, 0.3) is 0 Å². The molecule has 4 rings (SSSR count). The second kappa shape index (κ2) is 9.07. The van der Waals surface area contributed by atoms with Crippen molar-refractivity contribution in [3.63, 3.8) is 0 Å². The largest absolute Gasteiger partial charge is 0.508 e. The summed E-state index contributed by atoms with van der Waals surface area (Å²) in [6.45, 7) is -0.765. The van der Waals surface area contributed by atoms with Crippen molar-refractivity contribution in [3.05, 3.63) is 30.4 Å². The Labute approximate surface area is 184 Å². The van der Waals surface area contributed by atoms with Crippen LogP contribution in [0.25, 0.3) is 11.2 Å². The number of aromatic amines is 1. The highest BCUT2D eigenvalue weighted by molar-refractivity contribution is 7.46. The molecule has 2 aromatic heterocycles. The van der Waals surface area contributed by atoms with Crippen LogP contribution < -0.4 is 10.1 Å². The van der Waals surface area contributed by atoms with Gasteiger partial charge < -0.3 is 50.0 Å². The highest BCUT2D eigenvalue weighted by Crippen LogP contribution is 2.39. The van der Waals surface area contributed by atoms with Gasteiger partial charge in [0, 0.05) is 18.7 Å². The number of phenolic OH excluding ortho intramolecular Hbond substituents is 2. The van der Waals surface area contributed by atoms with E-state index in [0.29, 0.717) is 17.0 Å². The molecule has 1 aliphatic heterocycles. The Bertz CT molecular complexity index is 1190. The molecule has 178 valence electrons. The van der Waals surface area contributed by atoms with E-state index >= 15 is 0 Å². The van der Waals surface area contributed by atoms with E-state index in [0.717, 1.165) is 12.1 Å². The van der Waals surface area contributed by atoms with E-state index in [1.165, 1.54) is 12.7 Å². The van der Waals surface area contributed by atoms with Crippen molar-refractivity contribution < 1.29 is 48.8 Å². The van der Waals surface area contributed by atoms with E-state index in [-0.39, 0.29) is 29.4 Å². The quantitative estimate of drug-likeness (QED) is 0.185. The fourth-order valence-corrected chi connectivity index (χ4v) is 3.56. The second-order valence-corrected chi connectivity index (χ2v) is 8.29. The summed E-state index contributed by atoms with van der Waals surface area (Å²) in [6.07, 6.45) is -3.27. The summed E-state index contributed by atoms with van der Waals surface area (Å²) in [6, 6.07) is 2.23. The Balaban J connectivity index is 1.52. The first kappa shape index (κ1) is 23.1. The molecule has 1 saturated heterocycles. The minimum Gasteiger partial charge on any atom is -0.508 e. The molecule has 1 unspecified atom stereocenters. The molecule has 15 nitrogen and oxygen atoms in total. The molecule has 1 fully saturated rings. The fourth-order valence-electron chi connectivity index (χ4n) is 3.22. The molecule has 0 spiro atoms. The van der Waals surface area contributed by atoms with Gasteiger partial charge in [0.2, 0.25) is 6.29 Å². The number of benzene rings is 1. The van der Waals surface area contributed by atoms with Gasteiger partial charge in [-0.15, -0.1) is 0 Å². The third-order valence-corrected chi connectivity index (χ3v) is 5.28. The number of fused-ring (bicyclic) bond motifs is 1. The number of anilines is 1. The normalized spacial score (nSPS) is 23.2. The maximum absolute atomic E-state index is 10.9. The van der Waals surface area contributed by atoms with Crippen molar-refractivity contribution in [2.45, 2.75) is 31.1 Å². The Morgan fingerprint density at radius 2 is 1.94 bits per heavy atom. The highest BCUT2D eigenvalue weighted by atomic mass is 31.2. The number of phosphoric ester groups is 1. The van der Waals surface area contributed by atoms with Crippen LogP contribution >= 0.6 is 7.82 Å². The molecule has 1 aliphatic rings. The zero-order valence-corrected chi connectivity index (χ0v) is 17.5. The summed E-state index contributed by atoms with van der Waals surface area (Å²) >= 11 is 0. The lowest BCUT2D eigenvalue weighted by molar-refractivity contribution is -0.116. The lowest BCUT2D eigenvalue weighted by atomic mass is 10.1. The first-order valence-electron chi connectivity index (χ1n) is 9.43. The Hall–Kier alpha value is -3.04. The molecule has 8 N–H and O–H groups in total. The Kier molecular flexibility index (Phi) is 6.36. The number of aliphatic hydroxyl groups is 2. The summed E-state index contributed by atoms with van der Waals surface area (Å²) in [5, 5.41) is 43.5. The van der Waals surface area contributed by atoms with Crippen LogP contribution in [-0.4, -0.2) is 81.4 Å². The van der Waals surface area contributed by atoms with Gasteiger partial charge in [-0.3, -0.25) is 4.52 Å².